The van der Waals surface area contributed by atoms with Gasteiger partial charge in [-0.25, -0.2) is 0 Å². The van der Waals surface area contributed by atoms with Crippen LogP contribution in [-0.4, -0.2) is 250 Å². The lowest BCUT2D eigenvalue weighted by Crippen LogP contribution is -2.65. The van der Waals surface area contributed by atoms with Gasteiger partial charge in [-0.2, -0.15) is 13.2 Å². The van der Waals surface area contributed by atoms with E-state index in [4.69, 9.17) is 11.6 Å². The van der Waals surface area contributed by atoms with Gasteiger partial charge in [-0.15, -0.1) is 0 Å². The lowest BCUT2D eigenvalue weighted by molar-refractivity contribution is -0.160. The lowest BCUT2D eigenvalue weighted by atomic mass is 9.84. The molecule has 12 amide bonds. The maximum atomic E-state index is 15.4. The molecule has 4 aliphatic heterocycles. The molecule has 0 aromatic heterocycles. The Bertz CT molecular complexity index is 3170. The Labute approximate surface area is 585 Å². The number of halogens is 4. The van der Waals surface area contributed by atoms with Crippen molar-refractivity contribution in [3.05, 3.63) is 34.3 Å². The first-order valence-electron chi connectivity index (χ1n) is 36.0. The van der Waals surface area contributed by atoms with Gasteiger partial charge in [0.1, 0.15) is 59.9 Å². The Kier molecular flexibility index (Phi) is 26.0. The van der Waals surface area contributed by atoms with E-state index in [0.29, 0.717) is 70.0 Å². The number of aryl methyl sites for hydroxylation is 1. The highest BCUT2D eigenvalue weighted by molar-refractivity contribution is 6.31. The Balaban J connectivity index is 1.16. The van der Waals surface area contributed by atoms with Crippen LogP contribution in [0.2, 0.25) is 5.02 Å². The molecule has 3 aliphatic carbocycles. The number of nitrogens with one attached hydrogen (secondary N) is 3. The molecule has 3 N–H and O–H groups in total. The summed E-state index contributed by atoms with van der Waals surface area (Å²) in [4.78, 5) is 191. The number of rotatable bonds is 10. The van der Waals surface area contributed by atoms with E-state index in [-0.39, 0.29) is 69.9 Å². The van der Waals surface area contributed by atoms with Crippen molar-refractivity contribution in [1.29, 1.82) is 0 Å². The SMILES string of the molecule is CC[C@H](C)[C@@H]1NC(=O)[C@H](C2CC2)N(C)C(=O)C[C@@H](C(=O)N2CCCCC2)N(C)C(=O)[C@H](C(C)C)N(C)C(=O)C2(CCCC2)NC(=O)[C@@H]2CCCN2C(=O)[C@H](CCc2ccc(C(F)(F)F)c(Cl)c2)NC(=O)CN(C)C(=O)[C@H](CC2CCCCC2)N(C)C(=O)[C@@H]2CCN2C(=O)[C@H](C)N(C)C1=O. The van der Waals surface area contributed by atoms with Crippen molar-refractivity contribution in [3.8, 4) is 0 Å². The van der Waals surface area contributed by atoms with E-state index in [0.717, 1.165) is 55.6 Å². The zero-order valence-electron chi connectivity index (χ0n) is 59.8. The number of likely N-dealkylation sites (N-methyl/N-ethyl adjacent to an activating group) is 6. The Morgan fingerprint density at radius 3 is 1.87 bits per heavy atom. The third kappa shape index (κ3) is 17.8. The fourth-order valence-electron chi connectivity index (χ4n) is 15.7. The van der Waals surface area contributed by atoms with E-state index in [1.165, 1.54) is 89.6 Å². The van der Waals surface area contributed by atoms with Gasteiger partial charge < -0.3 is 60.0 Å². The summed E-state index contributed by atoms with van der Waals surface area (Å²) in [7, 11) is 8.65. The van der Waals surface area contributed by atoms with Crippen LogP contribution >= 0.6 is 11.6 Å². The first kappa shape index (κ1) is 77.7. The quantitative estimate of drug-likeness (QED) is 0.266. The fraction of sp³-hybridized carbons (Fsp3) is 0.746. The van der Waals surface area contributed by atoms with Gasteiger partial charge in [-0.1, -0.05) is 96.7 Å². The monoisotopic (exact) mass is 1410 g/mol. The largest absolute Gasteiger partial charge is 0.417 e. The molecule has 0 unspecified atom stereocenters. The van der Waals surface area contributed by atoms with Crippen LogP contribution < -0.4 is 16.0 Å². The number of nitrogens with zero attached hydrogens (tertiary/aromatic N) is 9. The zero-order valence-corrected chi connectivity index (χ0v) is 60.5. The number of alkyl halides is 3. The third-order valence-electron chi connectivity index (χ3n) is 22.5. The predicted octanol–water partition coefficient (Wildman–Crippen LogP) is 5.39. The second kappa shape index (κ2) is 33.2. The van der Waals surface area contributed by atoms with Gasteiger partial charge in [-0.05, 0) is 132 Å². The molecule has 4 saturated heterocycles. The molecule has 0 radical (unpaired) electrons. The Morgan fingerprint density at radius 1 is 0.646 bits per heavy atom. The average molecular weight is 1410 g/mol. The molecule has 3 saturated carbocycles. The third-order valence-corrected chi connectivity index (χ3v) is 22.8. The number of piperidine rings is 1. The number of hydrogen-bond acceptors (Lipinski definition) is 12. The van der Waals surface area contributed by atoms with Crippen LogP contribution in [0.25, 0.3) is 0 Å². The highest BCUT2D eigenvalue weighted by Gasteiger charge is 2.52. The van der Waals surface area contributed by atoms with Gasteiger partial charge in [0, 0.05) is 68.5 Å². The minimum Gasteiger partial charge on any atom is -0.343 e. The van der Waals surface area contributed by atoms with Gasteiger partial charge in [0.2, 0.25) is 70.9 Å². The Hall–Kier alpha value is -7.06. The topological polar surface area (TPSA) is 270 Å². The van der Waals surface area contributed by atoms with Crippen LogP contribution in [0.4, 0.5) is 13.2 Å². The zero-order chi connectivity index (χ0) is 72.7. The van der Waals surface area contributed by atoms with Crippen molar-refractivity contribution < 1.29 is 70.7 Å². The lowest BCUT2D eigenvalue weighted by Gasteiger charge is -2.45. The van der Waals surface area contributed by atoms with Gasteiger partial charge >= 0.3 is 6.18 Å². The molecule has 99 heavy (non-hydrogen) atoms. The van der Waals surface area contributed by atoms with Crippen molar-refractivity contribution in [3.63, 3.8) is 0 Å². The molecule has 0 bridgehead atoms. The molecule has 24 nitrogen and oxygen atoms in total. The molecule has 7 aliphatic rings. The molecule has 1 aromatic rings. The normalized spacial score (nSPS) is 28.7. The van der Waals surface area contributed by atoms with Crippen molar-refractivity contribution >= 4 is 82.5 Å². The summed E-state index contributed by atoms with van der Waals surface area (Å²) in [6.07, 6.45) is 4.91. The molecule has 550 valence electrons. The summed E-state index contributed by atoms with van der Waals surface area (Å²) >= 11 is 6.16. The molecule has 10 atom stereocenters. The van der Waals surface area contributed by atoms with Crippen molar-refractivity contribution in [2.45, 2.75) is 242 Å². The van der Waals surface area contributed by atoms with Crippen LogP contribution in [0.5, 0.6) is 0 Å². The number of benzene rings is 1. The van der Waals surface area contributed by atoms with Crippen molar-refractivity contribution in [1.82, 2.24) is 60.0 Å². The van der Waals surface area contributed by atoms with Gasteiger partial charge in [0.15, 0.2) is 0 Å². The maximum absolute atomic E-state index is 15.4. The predicted molar refractivity (Wildman–Crippen MR) is 362 cm³/mol. The standard InChI is InChI=1S/C71H106ClF3N12O12/c1-12-43(4)57-67(97)80(7)44(5)62(92)87-37-31-52(87)65(95)81(8)53(39-45-22-15-13-16-23-45)64(94)79(6)41-55(88)76-50(30-26-46-25-29-48(49(72)38-46)71(73,74)75)63(93)86-36-21-24-51(86)60(90)78-70(32-17-18-33-70)69(99)84(11)58(42(2)3)68(98)82(9)54(66(96)85-34-19-14-20-35-85)40-56(89)83(10)59(47-27-28-47)61(91)77-57/h25,29,38,42-45,47,50-54,57-59H,12-24,26-28,30-37,39-41H2,1-11H3,(H,76,88)(H,77,91)(H,78,90)/t43-,44-,50-,51-,52-,53-,54-,57-,58-,59-/m0/s1. The number of likely N-dealkylation sites (tertiary alicyclic amines) is 1. The van der Waals surface area contributed by atoms with E-state index in [9.17, 15) is 51.5 Å². The van der Waals surface area contributed by atoms with Crippen LogP contribution in [0.1, 0.15) is 181 Å². The summed E-state index contributed by atoms with van der Waals surface area (Å²) in [6, 6.07) is -7.67. The van der Waals surface area contributed by atoms with E-state index in [1.54, 1.807) is 25.7 Å². The average Bonchev–Trinajstić information content (AvgIpc) is 1.67. The van der Waals surface area contributed by atoms with Crippen molar-refractivity contribution in [2.24, 2.45) is 23.7 Å². The molecule has 7 fully saturated rings. The van der Waals surface area contributed by atoms with E-state index >= 15 is 19.2 Å². The molecular weight excluding hydrogens is 1310 g/mol. The van der Waals surface area contributed by atoms with Crippen molar-refractivity contribution in [2.75, 3.05) is 75.0 Å². The summed E-state index contributed by atoms with van der Waals surface area (Å²) in [5.41, 5.74) is -2.34. The van der Waals surface area contributed by atoms with Crippen LogP contribution in [0, 0.1) is 23.7 Å². The molecule has 8 rings (SSSR count). The summed E-state index contributed by atoms with van der Waals surface area (Å²) < 4.78 is 41.6. The summed E-state index contributed by atoms with van der Waals surface area (Å²) in [5.74, 6) is -8.85. The molecular formula is C71H106ClF3N12O12. The minimum absolute atomic E-state index is 0.0265. The number of carbonyl (C=O) groups excluding carboxylic acids is 12. The second-order valence-electron chi connectivity index (χ2n) is 29.6. The number of amides is 12. The smallest absolute Gasteiger partial charge is 0.343 e. The molecule has 4 heterocycles. The van der Waals surface area contributed by atoms with Gasteiger partial charge in [-0.3, -0.25) is 57.5 Å². The first-order chi connectivity index (χ1) is 46.7. The van der Waals surface area contributed by atoms with Gasteiger partial charge in [0.25, 0.3) is 0 Å². The van der Waals surface area contributed by atoms with E-state index in [1.807, 2.05) is 6.92 Å². The summed E-state index contributed by atoms with van der Waals surface area (Å²) in [5, 5.41) is 8.18. The highest BCUT2D eigenvalue weighted by atomic mass is 35.5. The second-order valence-corrected chi connectivity index (χ2v) is 30.0. The number of fused-ring (bicyclic) bond motifs is 2. The van der Waals surface area contributed by atoms with E-state index < -0.39 is 172 Å². The first-order valence-corrected chi connectivity index (χ1v) is 36.4. The molecule has 28 heteroatoms. The fourth-order valence-corrected chi connectivity index (χ4v) is 16.0. The summed E-state index contributed by atoms with van der Waals surface area (Å²) in [6.45, 7) is 8.96. The maximum Gasteiger partial charge on any atom is 0.417 e. The highest BCUT2D eigenvalue weighted by Crippen LogP contribution is 2.39. The van der Waals surface area contributed by atoms with Gasteiger partial charge in [0.05, 0.1) is 23.6 Å². The number of hydrogen-bond donors (Lipinski definition) is 3. The minimum atomic E-state index is -4.76. The van der Waals surface area contributed by atoms with Crippen LogP contribution in [0.3, 0.4) is 0 Å². The van der Waals surface area contributed by atoms with Crippen LogP contribution in [-0.2, 0) is 70.1 Å². The molecule has 1 aromatic carbocycles. The number of carbonyl (C=O) groups is 12. The van der Waals surface area contributed by atoms with E-state index in [2.05, 4.69) is 16.0 Å². The Morgan fingerprint density at radius 2 is 1.28 bits per heavy atom. The van der Waals surface area contributed by atoms with Crippen LogP contribution in [0.15, 0.2) is 18.2 Å². The molecule has 1 spiro atoms.